The van der Waals surface area contributed by atoms with Gasteiger partial charge in [-0.3, -0.25) is 0 Å². The van der Waals surface area contributed by atoms with Crippen LogP contribution in [0.3, 0.4) is 0 Å². The van der Waals surface area contributed by atoms with Gasteiger partial charge < -0.3 is 4.74 Å². The molecule has 3 fully saturated rings. The Balaban J connectivity index is 1.92. The summed E-state index contributed by atoms with van der Waals surface area (Å²) in [7, 11) is 1.88. The molecule has 11 heavy (non-hydrogen) atoms. The molecule has 0 aliphatic heterocycles. The van der Waals surface area contributed by atoms with Crippen LogP contribution in [0.15, 0.2) is 0 Å². The van der Waals surface area contributed by atoms with Crippen molar-refractivity contribution in [2.24, 2.45) is 5.41 Å². The lowest BCUT2D eigenvalue weighted by Gasteiger charge is -2.21. The summed E-state index contributed by atoms with van der Waals surface area (Å²) in [5, 5.41) is 0. The highest BCUT2D eigenvalue weighted by Gasteiger charge is 2.83. The quantitative estimate of drug-likeness (QED) is 0.645. The number of alkyl halides is 1. The average molecular weight is 217 g/mol. The maximum absolute atomic E-state index is 5.71. The van der Waals surface area contributed by atoms with E-state index in [4.69, 9.17) is 4.74 Å². The summed E-state index contributed by atoms with van der Waals surface area (Å²) < 4.78 is 6.10. The monoisotopic (exact) mass is 216 g/mol. The van der Waals surface area contributed by atoms with E-state index >= 15 is 0 Å². The summed E-state index contributed by atoms with van der Waals surface area (Å²) in [5.74, 6) is 0. The zero-order valence-electron chi connectivity index (χ0n) is 6.82. The molecule has 0 bridgehead atoms. The lowest BCUT2D eigenvalue weighted by Crippen LogP contribution is -2.29. The molecule has 3 aliphatic rings. The van der Waals surface area contributed by atoms with Gasteiger partial charge in [-0.25, -0.2) is 0 Å². The molecule has 1 unspecified atom stereocenters. The molecule has 0 saturated heterocycles. The maximum Gasteiger partial charge on any atom is 0.0894 e. The molecule has 0 radical (unpaired) electrons. The van der Waals surface area contributed by atoms with Gasteiger partial charge in [0.05, 0.1) is 9.93 Å². The molecule has 0 aromatic rings. The lowest BCUT2D eigenvalue weighted by molar-refractivity contribution is 0.0546. The SMILES string of the molecule is COC1(C2(Br)CC2)CC12CC2. The van der Waals surface area contributed by atoms with Crippen LogP contribution in [0.25, 0.3) is 0 Å². The molecule has 0 amide bonds. The van der Waals surface area contributed by atoms with E-state index in [9.17, 15) is 0 Å². The van der Waals surface area contributed by atoms with E-state index in [0.717, 1.165) is 0 Å². The Bertz CT molecular complexity index is 218. The molecule has 62 valence electrons. The van der Waals surface area contributed by atoms with E-state index in [1.165, 1.54) is 32.1 Å². The van der Waals surface area contributed by atoms with Crippen LogP contribution in [-0.2, 0) is 4.74 Å². The maximum atomic E-state index is 5.71. The number of ether oxygens (including phenoxy) is 1. The van der Waals surface area contributed by atoms with Crippen molar-refractivity contribution in [2.75, 3.05) is 7.11 Å². The summed E-state index contributed by atoms with van der Waals surface area (Å²) in [5.41, 5.74) is 0.905. The summed E-state index contributed by atoms with van der Waals surface area (Å²) in [6.45, 7) is 0. The largest absolute Gasteiger partial charge is 0.376 e. The fourth-order valence-electron chi connectivity index (χ4n) is 2.78. The van der Waals surface area contributed by atoms with Crippen LogP contribution in [0.4, 0.5) is 0 Å². The predicted molar refractivity (Wildman–Crippen MR) is 46.9 cm³/mol. The fraction of sp³-hybridized carbons (Fsp3) is 1.00. The third-order valence-electron chi connectivity index (χ3n) is 3.93. The normalized spacial score (nSPS) is 47.5. The number of hydrogen-bond donors (Lipinski definition) is 0. The van der Waals surface area contributed by atoms with Gasteiger partial charge in [-0.2, -0.15) is 0 Å². The minimum absolute atomic E-state index is 0.264. The summed E-state index contributed by atoms with van der Waals surface area (Å²) in [6.07, 6.45) is 6.79. The average Bonchev–Trinajstić information content (AvgIpc) is 2.81. The topological polar surface area (TPSA) is 9.23 Å². The van der Waals surface area contributed by atoms with E-state index in [1.807, 2.05) is 7.11 Å². The molecule has 1 atom stereocenters. The van der Waals surface area contributed by atoms with E-state index in [-0.39, 0.29) is 5.60 Å². The fourth-order valence-corrected chi connectivity index (χ4v) is 3.70. The van der Waals surface area contributed by atoms with Crippen molar-refractivity contribution in [3.05, 3.63) is 0 Å². The van der Waals surface area contributed by atoms with Crippen LogP contribution >= 0.6 is 15.9 Å². The summed E-state index contributed by atoms with van der Waals surface area (Å²) in [4.78, 5) is 0. The van der Waals surface area contributed by atoms with Crippen LogP contribution in [0.2, 0.25) is 0 Å². The zero-order chi connectivity index (χ0) is 7.74. The molecule has 2 heteroatoms. The highest BCUT2D eigenvalue weighted by atomic mass is 79.9. The third-order valence-corrected chi connectivity index (χ3v) is 5.37. The molecule has 0 heterocycles. The van der Waals surface area contributed by atoms with Crippen LogP contribution in [-0.4, -0.2) is 17.0 Å². The third kappa shape index (κ3) is 0.592. The molecule has 1 nitrogen and oxygen atoms in total. The van der Waals surface area contributed by atoms with Crippen molar-refractivity contribution < 1.29 is 4.74 Å². The standard InChI is InChI=1S/C9H13BrO/c1-11-9(8(10)4-5-8)6-7(9)2-3-7/h2-6H2,1H3. The van der Waals surface area contributed by atoms with Gasteiger partial charge in [-0.15, -0.1) is 0 Å². The highest BCUT2D eigenvalue weighted by Crippen LogP contribution is 2.83. The van der Waals surface area contributed by atoms with Gasteiger partial charge >= 0.3 is 0 Å². The number of halogens is 1. The van der Waals surface area contributed by atoms with Crippen molar-refractivity contribution in [1.82, 2.24) is 0 Å². The predicted octanol–water partition coefficient (Wildman–Crippen LogP) is 2.48. The second kappa shape index (κ2) is 1.56. The zero-order valence-corrected chi connectivity index (χ0v) is 8.41. The first-order valence-electron chi connectivity index (χ1n) is 4.42. The molecule has 0 aromatic carbocycles. The van der Waals surface area contributed by atoms with Crippen molar-refractivity contribution in [3.63, 3.8) is 0 Å². The Kier molecular flexibility index (Phi) is 0.977. The second-order valence-corrected chi connectivity index (χ2v) is 5.97. The van der Waals surface area contributed by atoms with Gasteiger partial charge in [0.15, 0.2) is 0 Å². The molecule has 3 aliphatic carbocycles. The van der Waals surface area contributed by atoms with Crippen LogP contribution in [0, 0.1) is 5.41 Å². The van der Waals surface area contributed by atoms with Crippen LogP contribution in [0.5, 0.6) is 0 Å². The summed E-state index contributed by atoms with van der Waals surface area (Å²) in [6, 6.07) is 0. The highest BCUT2D eigenvalue weighted by molar-refractivity contribution is 9.10. The Morgan fingerprint density at radius 1 is 1.18 bits per heavy atom. The van der Waals surface area contributed by atoms with Gasteiger partial charge in [0.25, 0.3) is 0 Å². The van der Waals surface area contributed by atoms with Crippen molar-refractivity contribution in [3.8, 4) is 0 Å². The molecule has 0 aromatic heterocycles. The molecule has 1 spiro atoms. The Hall–Kier alpha value is 0.440. The van der Waals surface area contributed by atoms with E-state index < -0.39 is 0 Å². The molecule has 3 saturated carbocycles. The minimum atomic E-state index is 0.264. The first-order valence-corrected chi connectivity index (χ1v) is 5.22. The van der Waals surface area contributed by atoms with Gasteiger partial charge in [-0.1, -0.05) is 15.9 Å². The molecular weight excluding hydrogens is 204 g/mol. The second-order valence-electron chi connectivity index (χ2n) is 4.45. The van der Waals surface area contributed by atoms with Gasteiger partial charge in [0.1, 0.15) is 0 Å². The van der Waals surface area contributed by atoms with Crippen molar-refractivity contribution in [2.45, 2.75) is 42.0 Å². The van der Waals surface area contributed by atoms with E-state index in [0.29, 0.717) is 9.74 Å². The number of rotatable bonds is 2. The first kappa shape index (κ1) is 6.90. The Morgan fingerprint density at radius 2 is 1.82 bits per heavy atom. The molecular formula is C9H13BrO. The van der Waals surface area contributed by atoms with Crippen LogP contribution < -0.4 is 0 Å². The van der Waals surface area contributed by atoms with E-state index in [2.05, 4.69) is 15.9 Å². The van der Waals surface area contributed by atoms with Crippen LogP contribution in [0.1, 0.15) is 32.1 Å². The molecule has 3 rings (SSSR count). The Morgan fingerprint density at radius 3 is 2.09 bits per heavy atom. The number of methoxy groups -OCH3 is 1. The Labute approximate surface area is 75.6 Å². The smallest absolute Gasteiger partial charge is 0.0894 e. The summed E-state index contributed by atoms with van der Waals surface area (Å²) >= 11 is 3.82. The van der Waals surface area contributed by atoms with Crippen molar-refractivity contribution in [1.29, 1.82) is 0 Å². The van der Waals surface area contributed by atoms with Gasteiger partial charge in [-0.05, 0) is 32.1 Å². The number of hydrogen-bond acceptors (Lipinski definition) is 1. The first-order chi connectivity index (χ1) is 5.18. The lowest BCUT2D eigenvalue weighted by atomic mass is 10.1. The van der Waals surface area contributed by atoms with Gasteiger partial charge in [0, 0.05) is 12.5 Å². The van der Waals surface area contributed by atoms with Gasteiger partial charge in [0.2, 0.25) is 0 Å². The minimum Gasteiger partial charge on any atom is -0.376 e. The van der Waals surface area contributed by atoms with E-state index in [1.54, 1.807) is 0 Å². The van der Waals surface area contributed by atoms with Crippen molar-refractivity contribution >= 4 is 15.9 Å². The molecule has 0 N–H and O–H groups in total.